The fourth-order valence-corrected chi connectivity index (χ4v) is 3.10. The lowest BCUT2D eigenvalue weighted by molar-refractivity contribution is -0.384. The van der Waals surface area contributed by atoms with Crippen LogP contribution in [0.15, 0.2) is 54.6 Å². The monoisotopic (exact) mass is 398 g/mol. The van der Waals surface area contributed by atoms with Crippen molar-refractivity contribution in [3.05, 3.63) is 93.3 Å². The number of nitro benzene ring substituents is 1. The maximum absolute atomic E-state index is 13.4. The Hall–Kier alpha value is -3.88. The van der Waals surface area contributed by atoms with Crippen LogP contribution in [0.25, 0.3) is 10.9 Å². The molecule has 4 aromatic rings. The van der Waals surface area contributed by atoms with Crippen LogP contribution >= 0.6 is 0 Å². The number of aromatic amines is 1. The van der Waals surface area contributed by atoms with Crippen LogP contribution in [0.1, 0.15) is 11.1 Å². The molecule has 3 aromatic carbocycles. The second-order valence-electron chi connectivity index (χ2n) is 6.45. The van der Waals surface area contributed by atoms with Gasteiger partial charge in [0, 0.05) is 11.5 Å². The third kappa shape index (κ3) is 3.88. The quantitative estimate of drug-likeness (QED) is 0.356. The van der Waals surface area contributed by atoms with E-state index in [2.05, 4.69) is 15.5 Å². The molecule has 4 rings (SSSR count). The summed E-state index contributed by atoms with van der Waals surface area (Å²) in [6.07, 6.45) is 0.284. The van der Waals surface area contributed by atoms with Gasteiger partial charge in [0.25, 0.3) is 5.69 Å². The van der Waals surface area contributed by atoms with Gasteiger partial charge in [0.2, 0.25) is 0 Å². The predicted molar refractivity (Wildman–Crippen MR) is 102 cm³/mol. The number of rotatable bonds is 5. The summed E-state index contributed by atoms with van der Waals surface area (Å²) in [6.45, 7) is 0. The van der Waals surface area contributed by atoms with E-state index in [9.17, 15) is 23.3 Å². The van der Waals surface area contributed by atoms with E-state index in [1.807, 2.05) is 0 Å². The number of fused-ring (bicyclic) bond motifs is 1. The molecule has 2 N–H and O–H groups in total. The van der Waals surface area contributed by atoms with Crippen molar-refractivity contribution in [2.24, 2.45) is 0 Å². The van der Waals surface area contributed by atoms with Crippen LogP contribution in [0, 0.1) is 27.6 Å². The van der Waals surface area contributed by atoms with Crippen molar-refractivity contribution in [2.75, 3.05) is 5.32 Å². The van der Waals surface area contributed by atoms with Gasteiger partial charge in [-0.05, 0) is 53.9 Å². The van der Waals surface area contributed by atoms with E-state index in [0.717, 1.165) is 23.8 Å². The molecule has 0 bridgehead atoms. The first-order valence-corrected chi connectivity index (χ1v) is 8.52. The van der Waals surface area contributed by atoms with Gasteiger partial charge in [0.15, 0.2) is 5.82 Å². The largest absolute Gasteiger partial charge is 0.333 e. The Morgan fingerprint density at radius 2 is 1.69 bits per heavy atom. The second-order valence-corrected chi connectivity index (χ2v) is 6.45. The number of anilines is 2. The Morgan fingerprint density at radius 1 is 0.931 bits per heavy atom. The average molecular weight is 398 g/mol. The highest BCUT2D eigenvalue weighted by Crippen LogP contribution is 2.31. The van der Waals surface area contributed by atoms with Crippen molar-refractivity contribution in [1.29, 1.82) is 0 Å². The van der Waals surface area contributed by atoms with Crippen LogP contribution in [0.2, 0.25) is 0 Å². The molecule has 0 unspecified atom stereocenters. The van der Waals surface area contributed by atoms with Crippen LogP contribution < -0.4 is 5.32 Å². The molecule has 0 fully saturated rings. The van der Waals surface area contributed by atoms with E-state index in [-0.39, 0.29) is 12.1 Å². The lowest BCUT2D eigenvalue weighted by Gasteiger charge is -2.06. The summed E-state index contributed by atoms with van der Waals surface area (Å²) in [5.74, 6) is -1.73. The van der Waals surface area contributed by atoms with E-state index in [0.29, 0.717) is 22.3 Å². The molecule has 1 aromatic heterocycles. The van der Waals surface area contributed by atoms with Crippen LogP contribution in [-0.4, -0.2) is 15.1 Å². The van der Waals surface area contributed by atoms with Crippen LogP contribution in [-0.2, 0) is 6.42 Å². The second kappa shape index (κ2) is 7.27. The van der Waals surface area contributed by atoms with Crippen molar-refractivity contribution in [1.82, 2.24) is 10.2 Å². The van der Waals surface area contributed by atoms with Crippen molar-refractivity contribution in [3.8, 4) is 0 Å². The molecule has 0 amide bonds. The summed E-state index contributed by atoms with van der Waals surface area (Å²) in [5, 5.41) is 21.6. The van der Waals surface area contributed by atoms with Gasteiger partial charge in [0.1, 0.15) is 23.1 Å². The molecule has 0 aliphatic carbocycles. The van der Waals surface area contributed by atoms with Gasteiger partial charge >= 0.3 is 0 Å². The molecular formula is C20H13F3N4O2. The first-order valence-electron chi connectivity index (χ1n) is 8.52. The minimum absolute atomic E-state index is 0.0856. The van der Waals surface area contributed by atoms with Crippen molar-refractivity contribution in [2.45, 2.75) is 6.42 Å². The highest BCUT2D eigenvalue weighted by molar-refractivity contribution is 5.92. The third-order valence-electron chi connectivity index (χ3n) is 4.37. The van der Waals surface area contributed by atoms with Crippen molar-refractivity contribution < 1.29 is 18.1 Å². The normalized spacial score (nSPS) is 11.0. The molecule has 29 heavy (non-hydrogen) atoms. The average Bonchev–Trinajstić information content (AvgIpc) is 3.04. The van der Waals surface area contributed by atoms with Gasteiger partial charge in [-0.3, -0.25) is 15.2 Å². The number of aromatic nitrogens is 2. The van der Waals surface area contributed by atoms with Crippen LogP contribution in [0.3, 0.4) is 0 Å². The molecule has 0 saturated heterocycles. The van der Waals surface area contributed by atoms with Gasteiger partial charge in [0.05, 0.1) is 16.5 Å². The molecule has 6 nitrogen and oxygen atoms in total. The molecule has 0 spiro atoms. The number of hydrogen-bond acceptors (Lipinski definition) is 4. The highest BCUT2D eigenvalue weighted by atomic mass is 19.1. The molecule has 1 heterocycles. The van der Waals surface area contributed by atoms with Crippen LogP contribution in [0.5, 0.6) is 0 Å². The summed E-state index contributed by atoms with van der Waals surface area (Å²) in [4.78, 5) is 10.5. The van der Waals surface area contributed by atoms with Gasteiger partial charge in [-0.25, -0.2) is 13.2 Å². The Morgan fingerprint density at radius 3 is 2.41 bits per heavy atom. The van der Waals surface area contributed by atoms with Gasteiger partial charge in [-0.15, -0.1) is 0 Å². The maximum atomic E-state index is 13.4. The molecule has 0 aliphatic heterocycles. The molecule has 0 radical (unpaired) electrons. The fraction of sp³-hybridized carbons (Fsp3) is 0.0500. The number of nitro groups is 1. The topological polar surface area (TPSA) is 83.8 Å². The Kier molecular flexibility index (Phi) is 4.63. The number of nitrogens with one attached hydrogen (secondary N) is 2. The zero-order valence-electron chi connectivity index (χ0n) is 14.7. The smallest absolute Gasteiger partial charge is 0.295 e. The summed E-state index contributed by atoms with van der Waals surface area (Å²) < 4.78 is 40.2. The summed E-state index contributed by atoms with van der Waals surface area (Å²) in [6, 6.07) is 11.8. The molecule has 146 valence electrons. The summed E-state index contributed by atoms with van der Waals surface area (Å²) in [7, 11) is 0. The Labute approximate surface area is 162 Å². The van der Waals surface area contributed by atoms with E-state index >= 15 is 0 Å². The lowest BCUT2D eigenvalue weighted by atomic mass is 10.0. The molecule has 9 heteroatoms. The molecule has 0 aliphatic rings. The van der Waals surface area contributed by atoms with Crippen LogP contribution in [0.4, 0.5) is 30.4 Å². The SMILES string of the molecule is O=[N+]([O-])c1cc(F)ccc1Nc1n[nH]c2ccc(Cc3cc(F)cc(F)c3)cc12. The molecular weight excluding hydrogens is 385 g/mol. The van der Waals surface area contributed by atoms with Crippen molar-refractivity contribution >= 4 is 28.1 Å². The predicted octanol–water partition coefficient (Wildman–Crippen LogP) is 5.22. The number of halogens is 3. The maximum Gasteiger partial charge on any atom is 0.295 e. The molecule has 0 saturated carbocycles. The number of benzene rings is 3. The van der Waals surface area contributed by atoms with Gasteiger partial charge < -0.3 is 5.32 Å². The first-order chi connectivity index (χ1) is 13.9. The van der Waals surface area contributed by atoms with E-state index in [1.165, 1.54) is 18.2 Å². The number of hydrogen-bond donors (Lipinski definition) is 2. The summed E-state index contributed by atoms with van der Waals surface area (Å²) in [5.41, 5.74) is 1.55. The van der Waals surface area contributed by atoms with E-state index < -0.39 is 28.1 Å². The lowest BCUT2D eigenvalue weighted by Crippen LogP contribution is -1.98. The van der Waals surface area contributed by atoms with Gasteiger partial charge in [-0.2, -0.15) is 5.10 Å². The fourth-order valence-electron chi connectivity index (χ4n) is 3.10. The number of H-pyrrole nitrogens is 1. The Bertz CT molecular complexity index is 1220. The highest BCUT2D eigenvalue weighted by Gasteiger charge is 2.17. The van der Waals surface area contributed by atoms with Gasteiger partial charge in [-0.1, -0.05) is 6.07 Å². The number of nitrogens with zero attached hydrogens (tertiary/aromatic N) is 2. The van der Waals surface area contributed by atoms with E-state index in [4.69, 9.17) is 0 Å². The molecule has 0 atom stereocenters. The zero-order chi connectivity index (χ0) is 20.5. The standard InChI is InChI=1S/C20H13F3N4O2/c21-13-2-4-18(19(10-13)27(28)29)24-20-16-8-11(1-3-17(16)25-26-20)5-12-6-14(22)9-15(23)7-12/h1-4,6-10H,5H2,(H2,24,25,26). The minimum Gasteiger partial charge on any atom is -0.333 e. The minimum atomic E-state index is -0.723. The Balaban J connectivity index is 1.68. The van der Waals surface area contributed by atoms with Crippen molar-refractivity contribution in [3.63, 3.8) is 0 Å². The zero-order valence-corrected chi connectivity index (χ0v) is 14.7. The summed E-state index contributed by atoms with van der Waals surface area (Å²) >= 11 is 0. The third-order valence-corrected chi connectivity index (χ3v) is 4.37. The van der Waals surface area contributed by atoms with E-state index in [1.54, 1.807) is 18.2 Å². The first kappa shape index (κ1) is 18.5.